The van der Waals surface area contributed by atoms with Crippen LogP contribution in [-0.4, -0.2) is 14.9 Å². The fourth-order valence-corrected chi connectivity index (χ4v) is 4.61. The highest BCUT2D eigenvalue weighted by Gasteiger charge is 2.49. The third-order valence-corrected chi connectivity index (χ3v) is 5.41. The molecule has 0 spiro atoms. The van der Waals surface area contributed by atoms with Crippen LogP contribution in [0.15, 0.2) is 15.9 Å². The summed E-state index contributed by atoms with van der Waals surface area (Å²) in [5.41, 5.74) is -0.0546. The molecule has 94 valence electrons. The molecule has 3 rings (SSSR count). The fraction of sp³-hybridized carbons (Fsp3) is 0.538. The zero-order valence-corrected chi connectivity index (χ0v) is 11.0. The van der Waals surface area contributed by atoms with Gasteiger partial charge in [-0.05, 0) is 31.7 Å². The Bertz CT molecular complexity index is 617. The highest BCUT2D eigenvalue weighted by molar-refractivity contribution is 8.00. The molecule has 4 nitrogen and oxygen atoms in total. The number of rotatable bonds is 0. The summed E-state index contributed by atoms with van der Waals surface area (Å²) >= 11 is 1.49. The number of hydrogen-bond donors (Lipinski definition) is 1. The molecule has 2 aliphatic rings. The van der Waals surface area contributed by atoms with Crippen molar-refractivity contribution in [3.63, 3.8) is 0 Å². The maximum atomic E-state index is 12.1. The van der Waals surface area contributed by atoms with E-state index in [1.165, 1.54) is 22.4 Å². The minimum atomic E-state index is -1.09. The molecule has 0 radical (unpaired) electrons. The predicted octanol–water partition coefficient (Wildman–Crippen LogP) is 1.72. The van der Waals surface area contributed by atoms with Crippen molar-refractivity contribution in [2.75, 3.05) is 0 Å². The molecule has 18 heavy (non-hydrogen) atoms. The van der Waals surface area contributed by atoms with Gasteiger partial charge in [-0.15, -0.1) is 0 Å². The van der Waals surface area contributed by atoms with Crippen molar-refractivity contribution in [2.45, 2.75) is 48.6 Å². The van der Waals surface area contributed by atoms with Gasteiger partial charge < -0.3 is 5.11 Å². The van der Waals surface area contributed by atoms with E-state index < -0.39 is 5.72 Å². The minimum Gasteiger partial charge on any atom is -0.369 e. The SMILES string of the molecule is Cc1cc(=O)n2c(c1C#N)S[C@H]1CCCC[C@]12O. The number of nitriles is 1. The molecule has 5 heteroatoms. The van der Waals surface area contributed by atoms with Gasteiger partial charge in [0.15, 0.2) is 5.72 Å². The molecule has 1 aliphatic heterocycles. The number of aryl methyl sites for hydroxylation is 1. The van der Waals surface area contributed by atoms with E-state index in [0.717, 1.165) is 19.3 Å². The van der Waals surface area contributed by atoms with Crippen LogP contribution in [0.2, 0.25) is 0 Å². The highest BCUT2D eigenvalue weighted by atomic mass is 32.2. The standard InChI is InChI=1S/C13H14N2O2S/c1-8-6-11(16)15-12(9(8)7-14)18-10-4-2-3-5-13(10,15)17/h6,10,17H,2-5H2,1H3/t10-,13-/m0/s1. The van der Waals surface area contributed by atoms with Crippen molar-refractivity contribution >= 4 is 11.8 Å². The molecule has 2 heterocycles. The largest absolute Gasteiger partial charge is 0.369 e. The van der Waals surface area contributed by atoms with Gasteiger partial charge >= 0.3 is 0 Å². The number of fused-ring (bicyclic) bond motifs is 3. The summed E-state index contributed by atoms with van der Waals surface area (Å²) in [4.78, 5) is 12.1. The average molecular weight is 262 g/mol. The van der Waals surface area contributed by atoms with Gasteiger partial charge in [0.25, 0.3) is 5.56 Å². The molecular formula is C13H14N2O2S. The van der Waals surface area contributed by atoms with Crippen molar-refractivity contribution in [3.05, 3.63) is 27.5 Å². The number of pyridine rings is 1. The van der Waals surface area contributed by atoms with Crippen LogP contribution in [0.1, 0.15) is 36.8 Å². The smallest absolute Gasteiger partial charge is 0.254 e. The van der Waals surface area contributed by atoms with Gasteiger partial charge in [-0.25, -0.2) is 0 Å². The van der Waals surface area contributed by atoms with Crippen LogP contribution in [0.5, 0.6) is 0 Å². The number of aliphatic hydroxyl groups is 1. The molecule has 0 aromatic carbocycles. The van der Waals surface area contributed by atoms with E-state index >= 15 is 0 Å². The first-order valence-electron chi connectivity index (χ1n) is 6.14. The first-order chi connectivity index (χ1) is 8.58. The molecule has 1 aromatic rings. The molecule has 2 atom stereocenters. The van der Waals surface area contributed by atoms with Gasteiger partial charge in [-0.1, -0.05) is 18.2 Å². The Hall–Kier alpha value is -1.25. The maximum absolute atomic E-state index is 12.1. The van der Waals surface area contributed by atoms with Crippen molar-refractivity contribution < 1.29 is 5.11 Å². The first kappa shape index (κ1) is 11.8. The third-order valence-electron chi connectivity index (χ3n) is 3.90. The summed E-state index contributed by atoms with van der Waals surface area (Å²) in [5.74, 6) is 0. The first-order valence-corrected chi connectivity index (χ1v) is 7.02. The lowest BCUT2D eigenvalue weighted by Crippen LogP contribution is -2.46. The number of aromatic nitrogens is 1. The third kappa shape index (κ3) is 1.39. The van der Waals surface area contributed by atoms with Gasteiger partial charge in [-0.3, -0.25) is 9.36 Å². The van der Waals surface area contributed by atoms with Crippen molar-refractivity contribution in [1.82, 2.24) is 4.57 Å². The lowest BCUT2D eigenvalue weighted by atomic mass is 9.90. The summed E-state index contributed by atoms with van der Waals surface area (Å²) in [7, 11) is 0. The Morgan fingerprint density at radius 2 is 2.39 bits per heavy atom. The van der Waals surface area contributed by atoms with Crippen molar-refractivity contribution in [3.8, 4) is 6.07 Å². The summed E-state index contributed by atoms with van der Waals surface area (Å²) in [6.45, 7) is 1.77. The molecule has 1 aliphatic carbocycles. The zero-order valence-electron chi connectivity index (χ0n) is 10.1. The molecule has 1 aromatic heterocycles. The zero-order chi connectivity index (χ0) is 12.9. The van der Waals surface area contributed by atoms with Crippen LogP contribution < -0.4 is 5.56 Å². The summed E-state index contributed by atoms with van der Waals surface area (Å²) in [6.07, 6.45) is 3.50. The second-order valence-corrected chi connectivity index (χ2v) is 6.22. The molecule has 0 saturated heterocycles. The maximum Gasteiger partial charge on any atom is 0.254 e. The number of hydrogen-bond acceptors (Lipinski definition) is 4. The number of thioether (sulfide) groups is 1. The van der Waals surface area contributed by atoms with E-state index in [1.54, 1.807) is 6.92 Å². The summed E-state index contributed by atoms with van der Waals surface area (Å²) in [5, 5.41) is 20.7. The van der Waals surface area contributed by atoms with Gasteiger partial charge in [0, 0.05) is 6.07 Å². The van der Waals surface area contributed by atoms with Crippen LogP contribution in [0.4, 0.5) is 0 Å². The summed E-state index contributed by atoms with van der Waals surface area (Å²) < 4.78 is 1.45. The van der Waals surface area contributed by atoms with Crippen LogP contribution in [0.3, 0.4) is 0 Å². The molecule has 0 amide bonds. The van der Waals surface area contributed by atoms with Crippen molar-refractivity contribution in [2.24, 2.45) is 0 Å². The van der Waals surface area contributed by atoms with Crippen molar-refractivity contribution in [1.29, 1.82) is 5.26 Å². The Morgan fingerprint density at radius 3 is 3.11 bits per heavy atom. The topological polar surface area (TPSA) is 66.0 Å². The lowest BCUT2D eigenvalue weighted by molar-refractivity contribution is -0.0654. The van der Waals surface area contributed by atoms with E-state index in [4.69, 9.17) is 0 Å². The van der Waals surface area contributed by atoms with E-state index in [-0.39, 0.29) is 10.8 Å². The molecule has 0 unspecified atom stereocenters. The van der Waals surface area contributed by atoms with Gasteiger partial charge in [-0.2, -0.15) is 5.26 Å². The normalized spacial score (nSPS) is 29.5. The van der Waals surface area contributed by atoms with E-state index in [1.807, 2.05) is 0 Å². The Kier molecular flexibility index (Phi) is 2.54. The minimum absolute atomic E-state index is 0.00727. The van der Waals surface area contributed by atoms with Crippen LogP contribution in [-0.2, 0) is 5.72 Å². The highest BCUT2D eigenvalue weighted by Crippen LogP contribution is 2.50. The van der Waals surface area contributed by atoms with E-state index in [9.17, 15) is 15.2 Å². The lowest BCUT2D eigenvalue weighted by Gasteiger charge is -2.34. The predicted molar refractivity (Wildman–Crippen MR) is 68.5 cm³/mol. The Labute approximate surface area is 109 Å². The summed E-state index contributed by atoms with van der Waals surface area (Å²) in [6, 6.07) is 3.61. The van der Waals surface area contributed by atoms with Gasteiger partial charge in [0.2, 0.25) is 0 Å². The Balaban J connectivity index is 2.29. The van der Waals surface area contributed by atoms with Gasteiger partial charge in [0.05, 0.1) is 15.8 Å². The van der Waals surface area contributed by atoms with Gasteiger partial charge in [0.1, 0.15) is 6.07 Å². The van der Waals surface area contributed by atoms with E-state index in [0.29, 0.717) is 22.6 Å². The Morgan fingerprint density at radius 1 is 1.61 bits per heavy atom. The fourth-order valence-electron chi connectivity index (χ4n) is 2.97. The second-order valence-electron chi connectivity index (χ2n) is 5.02. The number of nitrogens with zero attached hydrogens (tertiary/aromatic N) is 2. The van der Waals surface area contributed by atoms with Crippen LogP contribution in [0, 0.1) is 18.3 Å². The van der Waals surface area contributed by atoms with Crippen LogP contribution in [0.25, 0.3) is 0 Å². The molecule has 1 saturated carbocycles. The molecule has 1 fully saturated rings. The second kappa shape index (κ2) is 3.87. The quantitative estimate of drug-likeness (QED) is 0.773. The van der Waals surface area contributed by atoms with E-state index in [2.05, 4.69) is 6.07 Å². The monoisotopic (exact) mass is 262 g/mol. The molecule has 1 N–H and O–H groups in total. The van der Waals surface area contributed by atoms with Crippen LogP contribution >= 0.6 is 11.8 Å². The molecule has 0 bridgehead atoms. The average Bonchev–Trinajstić information content (AvgIpc) is 2.62. The molecular weight excluding hydrogens is 248 g/mol.